The van der Waals surface area contributed by atoms with Crippen LogP contribution in [0, 0.1) is 6.92 Å². The fourth-order valence-corrected chi connectivity index (χ4v) is 3.42. The highest BCUT2D eigenvalue weighted by Gasteiger charge is 2.33. The number of hydrogen-bond donors (Lipinski definition) is 1. The van der Waals surface area contributed by atoms with E-state index < -0.39 is 22.7 Å². The van der Waals surface area contributed by atoms with Gasteiger partial charge in [0.25, 0.3) is 0 Å². The average molecular weight is 391 g/mol. The first kappa shape index (κ1) is 18.1. The Bertz CT molecular complexity index is 805. The molecule has 1 amide bonds. The molecule has 5 nitrogen and oxygen atoms in total. The van der Waals surface area contributed by atoms with E-state index in [2.05, 4.69) is 15.5 Å². The molecular formula is C15H14ClF3N4OS. The number of anilines is 1. The number of nitrogens with zero attached hydrogens (tertiary/aromatic N) is 3. The fraction of sp³-hybridized carbons (Fsp3) is 0.400. The lowest BCUT2D eigenvalue weighted by Crippen LogP contribution is -2.15. The molecule has 0 radical (unpaired) electrons. The van der Waals surface area contributed by atoms with Gasteiger partial charge in [-0.25, -0.2) is 0 Å². The van der Waals surface area contributed by atoms with Gasteiger partial charge in [0.2, 0.25) is 5.91 Å². The smallest absolute Gasteiger partial charge is 0.325 e. The van der Waals surface area contributed by atoms with Gasteiger partial charge in [-0.2, -0.15) is 13.2 Å². The minimum atomic E-state index is -4.58. The van der Waals surface area contributed by atoms with Crippen LogP contribution in [0.4, 0.5) is 18.9 Å². The van der Waals surface area contributed by atoms with Gasteiger partial charge in [-0.15, -0.1) is 10.2 Å². The summed E-state index contributed by atoms with van der Waals surface area (Å²) in [7, 11) is 0. The summed E-state index contributed by atoms with van der Waals surface area (Å²) in [6, 6.07) is 3.64. The van der Waals surface area contributed by atoms with Crippen molar-refractivity contribution in [2.24, 2.45) is 0 Å². The molecule has 1 saturated carbocycles. The second-order valence-corrected chi connectivity index (χ2v) is 7.01. The summed E-state index contributed by atoms with van der Waals surface area (Å²) in [5.41, 5.74) is -0.939. The van der Waals surface area contributed by atoms with Crippen LogP contribution >= 0.6 is 23.4 Å². The Hall–Kier alpha value is -1.74. The van der Waals surface area contributed by atoms with E-state index in [1.165, 1.54) is 17.8 Å². The van der Waals surface area contributed by atoms with E-state index in [-0.39, 0.29) is 11.4 Å². The van der Waals surface area contributed by atoms with Gasteiger partial charge in [0, 0.05) is 11.7 Å². The van der Waals surface area contributed by atoms with Crippen molar-refractivity contribution in [3.05, 3.63) is 34.6 Å². The SMILES string of the molecule is Cc1nnc(SCC(=O)Nc2ccc(Cl)c(C(F)(F)F)c2)n1C1CC1. The number of benzene rings is 1. The number of thioether (sulfide) groups is 1. The van der Waals surface area contributed by atoms with Crippen molar-refractivity contribution < 1.29 is 18.0 Å². The molecular weight excluding hydrogens is 377 g/mol. The number of aromatic nitrogens is 3. The first-order valence-electron chi connectivity index (χ1n) is 7.46. The Kier molecular flexibility index (Phi) is 4.97. The Morgan fingerprint density at radius 2 is 2.12 bits per heavy atom. The maximum Gasteiger partial charge on any atom is 0.417 e. The summed E-state index contributed by atoms with van der Waals surface area (Å²) in [4.78, 5) is 12.0. The molecule has 1 fully saturated rings. The number of carbonyl (C=O) groups excluding carboxylic acids is 1. The quantitative estimate of drug-likeness (QED) is 0.772. The first-order valence-corrected chi connectivity index (χ1v) is 8.83. The van der Waals surface area contributed by atoms with E-state index >= 15 is 0 Å². The third-order valence-corrected chi connectivity index (χ3v) is 4.91. The third-order valence-electron chi connectivity index (χ3n) is 3.63. The Labute approximate surface area is 150 Å². The number of nitrogens with one attached hydrogen (secondary N) is 1. The minimum Gasteiger partial charge on any atom is -0.325 e. The Morgan fingerprint density at radius 1 is 1.40 bits per heavy atom. The van der Waals surface area contributed by atoms with Crippen LogP contribution in [-0.2, 0) is 11.0 Å². The molecule has 0 unspecified atom stereocenters. The monoisotopic (exact) mass is 390 g/mol. The van der Waals surface area contributed by atoms with Crippen LogP contribution in [0.3, 0.4) is 0 Å². The van der Waals surface area contributed by atoms with Crippen molar-refractivity contribution in [3.8, 4) is 0 Å². The molecule has 0 atom stereocenters. The van der Waals surface area contributed by atoms with Crippen molar-refractivity contribution in [1.29, 1.82) is 0 Å². The zero-order valence-corrected chi connectivity index (χ0v) is 14.7. The van der Waals surface area contributed by atoms with E-state index in [9.17, 15) is 18.0 Å². The summed E-state index contributed by atoms with van der Waals surface area (Å²) in [5.74, 6) is 0.385. The van der Waals surface area contributed by atoms with Gasteiger partial charge in [-0.05, 0) is 38.0 Å². The number of amides is 1. The summed E-state index contributed by atoms with van der Waals surface area (Å²) in [6.45, 7) is 1.85. The molecule has 1 aromatic carbocycles. The highest BCUT2D eigenvalue weighted by atomic mass is 35.5. The van der Waals surface area contributed by atoms with Gasteiger partial charge < -0.3 is 9.88 Å². The second-order valence-electron chi connectivity index (χ2n) is 5.66. The Morgan fingerprint density at radius 3 is 2.76 bits per heavy atom. The summed E-state index contributed by atoms with van der Waals surface area (Å²) in [5, 5.41) is 10.7. The van der Waals surface area contributed by atoms with Gasteiger partial charge >= 0.3 is 6.18 Å². The fourth-order valence-electron chi connectivity index (χ4n) is 2.35. The molecule has 1 aromatic heterocycles. The van der Waals surface area contributed by atoms with Gasteiger partial charge in [0.05, 0.1) is 16.3 Å². The highest BCUT2D eigenvalue weighted by molar-refractivity contribution is 7.99. The lowest BCUT2D eigenvalue weighted by atomic mass is 10.2. The topological polar surface area (TPSA) is 59.8 Å². The van der Waals surface area contributed by atoms with Gasteiger partial charge in [0.1, 0.15) is 5.82 Å². The molecule has 0 spiro atoms. The number of alkyl halides is 3. The van der Waals surface area contributed by atoms with Crippen LogP contribution in [0.15, 0.2) is 23.4 Å². The normalized spacial score (nSPS) is 14.6. The number of halogens is 4. The van der Waals surface area contributed by atoms with Crippen LogP contribution in [0.2, 0.25) is 5.02 Å². The van der Waals surface area contributed by atoms with Gasteiger partial charge in [-0.1, -0.05) is 23.4 Å². The van der Waals surface area contributed by atoms with E-state index in [1.54, 1.807) is 0 Å². The molecule has 1 heterocycles. The maximum atomic E-state index is 12.8. The van der Waals surface area contributed by atoms with Crippen LogP contribution in [0.1, 0.15) is 30.3 Å². The van der Waals surface area contributed by atoms with Crippen molar-refractivity contribution in [2.45, 2.75) is 37.1 Å². The molecule has 0 aliphatic heterocycles. The van der Waals surface area contributed by atoms with Crippen LogP contribution in [0.5, 0.6) is 0 Å². The molecule has 1 aliphatic carbocycles. The molecule has 25 heavy (non-hydrogen) atoms. The van der Waals surface area contributed by atoms with Crippen molar-refractivity contribution in [3.63, 3.8) is 0 Å². The molecule has 0 saturated heterocycles. The molecule has 3 rings (SSSR count). The second kappa shape index (κ2) is 6.87. The van der Waals surface area contributed by atoms with Crippen molar-refractivity contribution >= 4 is 35.0 Å². The van der Waals surface area contributed by atoms with Crippen LogP contribution in [-0.4, -0.2) is 26.4 Å². The molecule has 1 N–H and O–H groups in total. The van der Waals surface area contributed by atoms with Crippen molar-refractivity contribution in [2.75, 3.05) is 11.1 Å². The lowest BCUT2D eigenvalue weighted by molar-refractivity contribution is -0.137. The predicted molar refractivity (Wildman–Crippen MR) is 88.8 cm³/mol. The third kappa shape index (κ3) is 4.27. The molecule has 10 heteroatoms. The zero-order valence-electron chi connectivity index (χ0n) is 13.1. The number of aryl methyl sites for hydroxylation is 1. The van der Waals surface area contributed by atoms with Crippen LogP contribution < -0.4 is 5.32 Å². The molecule has 1 aliphatic rings. The Balaban J connectivity index is 1.64. The molecule has 0 bridgehead atoms. The average Bonchev–Trinajstić information content (AvgIpc) is 3.29. The highest BCUT2D eigenvalue weighted by Crippen LogP contribution is 2.39. The number of hydrogen-bond acceptors (Lipinski definition) is 4. The van der Waals surface area contributed by atoms with Crippen molar-refractivity contribution in [1.82, 2.24) is 14.8 Å². The summed E-state index contributed by atoms with van der Waals surface area (Å²) in [6.07, 6.45) is -2.46. The lowest BCUT2D eigenvalue weighted by Gasteiger charge is -2.12. The van der Waals surface area contributed by atoms with E-state index in [0.717, 1.165) is 30.8 Å². The van der Waals surface area contributed by atoms with E-state index in [0.29, 0.717) is 11.2 Å². The molecule has 134 valence electrons. The number of rotatable bonds is 5. The van der Waals surface area contributed by atoms with Gasteiger partial charge in [-0.3, -0.25) is 4.79 Å². The zero-order chi connectivity index (χ0) is 18.2. The first-order chi connectivity index (χ1) is 11.8. The van der Waals surface area contributed by atoms with Crippen LogP contribution in [0.25, 0.3) is 0 Å². The van der Waals surface area contributed by atoms with Gasteiger partial charge in [0.15, 0.2) is 5.16 Å². The largest absolute Gasteiger partial charge is 0.417 e. The maximum absolute atomic E-state index is 12.8. The van der Waals surface area contributed by atoms with E-state index in [1.807, 2.05) is 11.5 Å². The summed E-state index contributed by atoms with van der Waals surface area (Å²) < 4.78 is 40.5. The summed E-state index contributed by atoms with van der Waals surface area (Å²) >= 11 is 6.76. The molecule has 2 aromatic rings. The number of carbonyl (C=O) groups is 1. The standard InChI is InChI=1S/C15H14ClF3N4OS/c1-8-21-22-14(23(8)10-3-4-10)25-7-13(24)20-9-2-5-12(16)11(6-9)15(17,18)19/h2,5-6,10H,3-4,7H2,1H3,(H,20,24). The minimum absolute atomic E-state index is 0.0226. The van der Waals surface area contributed by atoms with E-state index in [4.69, 9.17) is 11.6 Å². The predicted octanol–water partition coefficient (Wildman–Crippen LogP) is 4.32.